The second-order valence-electron chi connectivity index (χ2n) is 7.27. The van der Waals surface area contributed by atoms with Crippen LogP contribution in [0.2, 0.25) is 19.1 Å². The van der Waals surface area contributed by atoms with Crippen LogP contribution >= 0.6 is 0 Å². The molecule has 0 spiro atoms. The molecule has 0 aromatic rings. The Morgan fingerprint density at radius 1 is 1.19 bits per heavy atom. The van der Waals surface area contributed by atoms with Gasteiger partial charge in [-0.15, -0.1) is 0 Å². The highest BCUT2D eigenvalue weighted by Gasteiger charge is 2.62. The maximum atomic E-state index is 12.5. The van der Waals surface area contributed by atoms with Crippen LogP contribution in [0.15, 0.2) is 11.3 Å². The Labute approximate surface area is 127 Å². The normalized spacial score (nSPS) is 28.7. The first kappa shape index (κ1) is 16.3. The van der Waals surface area contributed by atoms with Crippen molar-refractivity contribution in [3.8, 4) is 0 Å². The van der Waals surface area contributed by atoms with Crippen LogP contribution < -0.4 is 0 Å². The Balaban J connectivity index is 2.38. The van der Waals surface area contributed by atoms with E-state index in [-0.39, 0.29) is 18.6 Å². The van der Waals surface area contributed by atoms with Gasteiger partial charge in [-0.3, -0.25) is 9.59 Å². The van der Waals surface area contributed by atoms with Crippen LogP contribution in [0.25, 0.3) is 0 Å². The molecular weight excluding hydrogens is 284 g/mol. The first-order chi connectivity index (χ1) is 9.69. The van der Waals surface area contributed by atoms with E-state index in [1.165, 1.54) is 5.57 Å². The molecule has 5 heteroatoms. The van der Waals surface area contributed by atoms with E-state index in [9.17, 15) is 9.59 Å². The third-order valence-corrected chi connectivity index (χ3v) is 7.52. The van der Waals surface area contributed by atoms with Crippen molar-refractivity contribution in [2.45, 2.75) is 52.8 Å². The minimum Gasteiger partial charge on any atom is -0.465 e. The van der Waals surface area contributed by atoms with Gasteiger partial charge in [0.2, 0.25) is 0 Å². The largest absolute Gasteiger partial charge is 0.465 e. The molecule has 0 amide bonds. The van der Waals surface area contributed by atoms with Crippen molar-refractivity contribution in [3.05, 3.63) is 11.3 Å². The van der Waals surface area contributed by atoms with Gasteiger partial charge in [0, 0.05) is 0 Å². The highest BCUT2D eigenvalue weighted by molar-refractivity contribution is 6.83. The van der Waals surface area contributed by atoms with Crippen LogP contribution in [0, 0.1) is 10.8 Å². The van der Waals surface area contributed by atoms with E-state index in [0.717, 1.165) is 6.04 Å². The summed E-state index contributed by atoms with van der Waals surface area (Å²) in [6.45, 7) is 11.0. The number of carbonyl (C=O) groups is 2. The van der Waals surface area contributed by atoms with Gasteiger partial charge in [-0.25, -0.2) is 0 Å². The number of hydrogen-bond donors (Lipinski definition) is 0. The van der Waals surface area contributed by atoms with E-state index in [0.29, 0.717) is 12.8 Å². The van der Waals surface area contributed by atoms with Gasteiger partial charge >= 0.3 is 11.9 Å². The molecule has 1 saturated carbocycles. The molecule has 1 aliphatic heterocycles. The molecule has 0 N–H and O–H groups in total. The van der Waals surface area contributed by atoms with Crippen molar-refractivity contribution >= 4 is 20.0 Å². The maximum Gasteiger partial charge on any atom is 0.323 e. The molecule has 0 aromatic heterocycles. The van der Waals surface area contributed by atoms with E-state index in [1.54, 1.807) is 13.8 Å². The molecule has 0 saturated heterocycles. The summed E-state index contributed by atoms with van der Waals surface area (Å²) in [5, 5.41) is 0. The Hall–Kier alpha value is -1.10. The molecule has 0 radical (unpaired) electrons. The molecule has 1 atom stereocenters. The number of allylic oxidation sites excluding steroid dienone is 1. The lowest BCUT2D eigenvalue weighted by Gasteiger charge is -2.29. The van der Waals surface area contributed by atoms with Gasteiger partial charge in [-0.1, -0.05) is 31.3 Å². The summed E-state index contributed by atoms with van der Waals surface area (Å²) in [5.41, 5.74) is 2.46. The minimum atomic E-state index is -1.34. The van der Waals surface area contributed by atoms with Crippen LogP contribution in [0.5, 0.6) is 0 Å². The Bertz CT molecular complexity index is 477. The lowest BCUT2D eigenvalue weighted by atomic mass is 9.81. The Morgan fingerprint density at radius 2 is 1.71 bits per heavy atom. The Morgan fingerprint density at radius 3 is 2.14 bits per heavy atom. The lowest BCUT2D eigenvalue weighted by Crippen LogP contribution is -2.41. The SMILES string of the molecule is CCOC(=O)C1(C(=O)OCC)CC2=C[Si](C)(C)CC2(C)C1. The molecule has 1 heterocycles. The zero-order valence-electron chi connectivity index (χ0n) is 13.7. The summed E-state index contributed by atoms with van der Waals surface area (Å²) in [4.78, 5) is 25.0. The lowest BCUT2D eigenvalue weighted by molar-refractivity contribution is -0.172. The van der Waals surface area contributed by atoms with E-state index in [4.69, 9.17) is 9.47 Å². The number of rotatable bonds is 4. The topological polar surface area (TPSA) is 52.6 Å². The number of fused-ring (bicyclic) bond motifs is 1. The van der Waals surface area contributed by atoms with Gasteiger partial charge < -0.3 is 9.47 Å². The summed E-state index contributed by atoms with van der Waals surface area (Å²) >= 11 is 0. The van der Waals surface area contributed by atoms with Gasteiger partial charge in [0.05, 0.1) is 21.3 Å². The first-order valence-corrected chi connectivity index (χ1v) is 11.0. The molecule has 1 aliphatic carbocycles. The number of esters is 2. The van der Waals surface area contributed by atoms with Gasteiger partial charge in [-0.2, -0.15) is 0 Å². The molecule has 2 aliphatic rings. The standard InChI is InChI=1S/C16H26O4Si/c1-6-19-13(17)16(14(18)20-7-2)8-12-9-21(4,5)11-15(12,3)10-16/h9H,6-8,10-11H2,1-5H3. The zero-order chi connectivity index (χ0) is 15.9. The highest BCUT2D eigenvalue weighted by Crippen LogP contribution is 2.61. The fourth-order valence-electron chi connectivity index (χ4n) is 4.22. The van der Waals surface area contributed by atoms with Crippen LogP contribution in [-0.4, -0.2) is 33.2 Å². The van der Waals surface area contributed by atoms with E-state index in [2.05, 4.69) is 25.7 Å². The molecule has 2 rings (SSSR count). The average Bonchev–Trinajstić information content (AvgIpc) is 2.74. The molecule has 0 bridgehead atoms. The van der Waals surface area contributed by atoms with Gasteiger partial charge in [0.15, 0.2) is 5.41 Å². The Kier molecular flexibility index (Phi) is 4.08. The van der Waals surface area contributed by atoms with Gasteiger partial charge in [0.1, 0.15) is 0 Å². The highest BCUT2D eigenvalue weighted by atomic mass is 28.3. The molecule has 0 aromatic carbocycles. The molecule has 1 unspecified atom stereocenters. The van der Waals surface area contributed by atoms with Gasteiger partial charge in [0.25, 0.3) is 0 Å². The smallest absolute Gasteiger partial charge is 0.323 e. The fourth-order valence-corrected chi connectivity index (χ4v) is 8.08. The van der Waals surface area contributed by atoms with Crippen LogP contribution in [0.3, 0.4) is 0 Å². The molecular formula is C16H26O4Si. The summed E-state index contributed by atoms with van der Waals surface area (Å²) in [5.74, 6) is -0.834. The maximum absolute atomic E-state index is 12.5. The second-order valence-corrected chi connectivity index (χ2v) is 11.9. The predicted molar refractivity (Wildman–Crippen MR) is 83.4 cm³/mol. The zero-order valence-corrected chi connectivity index (χ0v) is 14.7. The minimum absolute atomic E-state index is 0.0464. The van der Waals surface area contributed by atoms with Crippen molar-refractivity contribution in [3.63, 3.8) is 0 Å². The predicted octanol–water partition coefficient (Wildman–Crippen LogP) is 3.09. The molecule has 4 nitrogen and oxygen atoms in total. The average molecular weight is 310 g/mol. The number of carbonyl (C=O) groups excluding carboxylic acids is 2. The number of hydrogen-bond acceptors (Lipinski definition) is 4. The van der Waals surface area contributed by atoms with Crippen molar-refractivity contribution in [1.82, 2.24) is 0 Å². The van der Waals surface area contributed by atoms with E-state index < -0.39 is 25.4 Å². The monoisotopic (exact) mass is 310 g/mol. The summed E-state index contributed by atoms with van der Waals surface area (Å²) in [6.07, 6.45) is 0.998. The molecule has 1 fully saturated rings. The van der Waals surface area contributed by atoms with Crippen LogP contribution in [-0.2, 0) is 19.1 Å². The van der Waals surface area contributed by atoms with Crippen LogP contribution in [0.4, 0.5) is 0 Å². The second kappa shape index (κ2) is 5.27. The third kappa shape index (κ3) is 2.68. The first-order valence-electron chi connectivity index (χ1n) is 7.76. The molecule has 21 heavy (non-hydrogen) atoms. The van der Waals surface area contributed by atoms with Crippen molar-refractivity contribution < 1.29 is 19.1 Å². The van der Waals surface area contributed by atoms with Gasteiger partial charge in [-0.05, 0) is 38.1 Å². The summed E-state index contributed by atoms with van der Waals surface area (Å²) < 4.78 is 10.4. The summed E-state index contributed by atoms with van der Waals surface area (Å²) in [6, 6.07) is 1.09. The van der Waals surface area contributed by atoms with Crippen LogP contribution in [0.1, 0.15) is 33.6 Å². The summed E-state index contributed by atoms with van der Waals surface area (Å²) in [7, 11) is -1.34. The number of ether oxygens (including phenoxy) is 2. The quantitative estimate of drug-likeness (QED) is 0.455. The molecule has 118 valence electrons. The van der Waals surface area contributed by atoms with Crippen molar-refractivity contribution in [2.75, 3.05) is 13.2 Å². The van der Waals surface area contributed by atoms with E-state index >= 15 is 0 Å². The fraction of sp³-hybridized carbons (Fsp3) is 0.750. The van der Waals surface area contributed by atoms with Crippen molar-refractivity contribution in [1.29, 1.82) is 0 Å². The third-order valence-electron chi connectivity index (χ3n) is 4.70. The van der Waals surface area contributed by atoms with Crippen molar-refractivity contribution in [2.24, 2.45) is 10.8 Å². The van der Waals surface area contributed by atoms with E-state index in [1.807, 2.05) is 0 Å².